The molecule has 3 amide bonds. The number of carbonyl (C=O) groups excluding carboxylic acids is 3. The number of nitrogens with zero attached hydrogens (tertiary/aromatic N) is 2. The predicted octanol–water partition coefficient (Wildman–Crippen LogP) is 1.46. The first-order chi connectivity index (χ1) is 10.4. The number of hydrogen-bond donors (Lipinski definition) is 0. The lowest BCUT2D eigenvalue weighted by atomic mass is 10.1. The SMILES string of the molecule is C=C=CCN1C(=O)OC[C@@H]1/C=C/C(=O)N1C(=O)OCC1(C)C. The second kappa shape index (κ2) is 6.07. The van der Waals surface area contributed by atoms with Crippen LogP contribution in [0.4, 0.5) is 9.59 Å². The molecule has 0 bridgehead atoms. The van der Waals surface area contributed by atoms with Crippen LogP contribution in [0.2, 0.25) is 0 Å². The Bertz CT molecular complexity index is 574. The molecule has 0 radical (unpaired) electrons. The highest BCUT2D eigenvalue weighted by molar-refractivity contribution is 6.00. The van der Waals surface area contributed by atoms with Gasteiger partial charge in [0.05, 0.1) is 18.1 Å². The van der Waals surface area contributed by atoms with E-state index in [1.807, 2.05) is 0 Å². The van der Waals surface area contributed by atoms with Crippen LogP contribution in [0, 0.1) is 0 Å². The van der Waals surface area contributed by atoms with E-state index in [0.29, 0.717) is 6.54 Å². The van der Waals surface area contributed by atoms with Crippen molar-refractivity contribution in [1.82, 2.24) is 9.80 Å². The summed E-state index contributed by atoms with van der Waals surface area (Å²) in [6.07, 6.45) is 3.28. The maximum Gasteiger partial charge on any atom is 0.417 e. The number of carbonyl (C=O) groups is 3. The molecular formula is C15H18N2O5. The highest BCUT2D eigenvalue weighted by Gasteiger charge is 2.43. The van der Waals surface area contributed by atoms with Gasteiger partial charge in [0.15, 0.2) is 0 Å². The minimum Gasteiger partial charge on any atom is -0.447 e. The van der Waals surface area contributed by atoms with Crippen molar-refractivity contribution in [1.29, 1.82) is 0 Å². The maximum atomic E-state index is 12.2. The van der Waals surface area contributed by atoms with Gasteiger partial charge in [-0.25, -0.2) is 14.5 Å². The Morgan fingerprint density at radius 3 is 2.73 bits per heavy atom. The van der Waals surface area contributed by atoms with Crippen molar-refractivity contribution in [2.45, 2.75) is 25.4 Å². The van der Waals surface area contributed by atoms with Gasteiger partial charge < -0.3 is 9.47 Å². The molecule has 0 unspecified atom stereocenters. The Balaban J connectivity index is 2.07. The van der Waals surface area contributed by atoms with Crippen molar-refractivity contribution in [2.75, 3.05) is 19.8 Å². The maximum absolute atomic E-state index is 12.2. The van der Waals surface area contributed by atoms with Crippen molar-refractivity contribution in [3.05, 3.63) is 30.5 Å². The van der Waals surface area contributed by atoms with E-state index < -0.39 is 23.6 Å². The molecular weight excluding hydrogens is 288 g/mol. The summed E-state index contributed by atoms with van der Waals surface area (Å²) in [5.41, 5.74) is 1.89. The largest absolute Gasteiger partial charge is 0.447 e. The van der Waals surface area contributed by atoms with Crippen molar-refractivity contribution < 1.29 is 23.9 Å². The van der Waals surface area contributed by atoms with Crippen LogP contribution in [0.15, 0.2) is 30.5 Å². The number of rotatable bonds is 4. The highest BCUT2D eigenvalue weighted by Crippen LogP contribution is 2.24. The normalized spacial score (nSPS) is 23.5. The molecule has 2 aliphatic heterocycles. The van der Waals surface area contributed by atoms with Gasteiger partial charge in [-0.1, -0.05) is 12.7 Å². The zero-order chi connectivity index (χ0) is 16.3. The molecule has 0 aromatic heterocycles. The van der Waals surface area contributed by atoms with Crippen LogP contribution in [-0.4, -0.2) is 59.2 Å². The van der Waals surface area contributed by atoms with Crippen molar-refractivity contribution >= 4 is 18.1 Å². The lowest BCUT2D eigenvalue weighted by Crippen LogP contribution is -2.45. The lowest BCUT2D eigenvalue weighted by Gasteiger charge is -2.24. The Morgan fingerprint density at radius 2 is 2.14 bits per heavy atom. The monoisotopic (exact) mass is 306 g/mol. The molecule has 118 valence electrons. The van der Waals surface area contributed by atoms with Crippen molar-refractivity contribution in [3.63, 3.8) is 0 Å². The molecule has 0 aromatic carbocycles. The second-order valence-electron chi connectivity index (χ2n) is 5.60. The van der Waals surface area contributed by atoms with Crippen LogP contribution >= 0.6 is 0 Å². The van der Waals surface area contributed by atoms with E-state index in [2.05, 4.69) is 12.3 Å². The molecule has 22 heavy (non-hydrogen) atoms. The third kappa shape index (κ3) is 3.04. The topological polar surface area (TPSA) is 76.2 Å². The first-order valence-corrected chi connectivity index (χ1v) is 6.83. The summed E-state index contributed by atoms with van der Waals surface area (Å²) in [6, 6.07) is -0.372. The van der Waals surface area contributed by atoms with Gasteiger partial charge >= 0.3 is 12.2 Å². The highest BCUT2D eigenvalue weighted by atomic mass is 16.6. The third-order valence-corrected chi connectivity index (χ3v) is 3.46. The summed E-state index contributed by atoms with van der Waals surface area (Å²) in [5.74, 6) is -0.480. The average Bonchev–Trinajstić information content (AvgIpc) is 2.94. The summed E-state index contributed by atoms with van der Waals surface area (Å²) in [4.78, 5) is 37.9. The third-order valence-electron chi connectivity index (χ3n) is 3.46. The Morgan fingerprint density at radius 1 is 1.41 bits per heavy atom. The zero-order valence-electron chi connectivity index (χ0n) is 12.6. The smallest absolute Gasteiger partial charge is 0.417 e. The van der Waals surface area contributed by atoms with Crippen molar-refractivity contribution in [2.24, 2.45) is 0 Å². The number of imide groups is 1. The number of amides is 3. The molecule has 7 heteroatoms. The van der Waals surface area contributed by atoms with Crippen LogP contribution in [0.5, 0.6) is 0 Å². The fourth-order valence-corrected chi connectivity index (χ4v) is 2.27. The number of cyclic esters (lactones) is 2. The molecule has 2 fully saturated rings. The van der Waals surface area contributed by atoms with E-state index in [0.717, 1.165) is 4.90 Å². The van der Waals surface area contributed by atoms with Gasteiger partial charge in [-0.3, -0.25) is 9.69 Å². The average molecular weight is 306 g/mol. The van der Waals surface area contributed by atoms with Crippen LogP contribution in [-0.2, 0) is 14.3 Å². The van der Waals surface area contributed by atoms with Gasteiger partial charge in [-0.2, -0.15) is 0 Å². The van der Waals surface area contributed by atoms with E-state index in [1.165, 1.54) is 11.0 Å². The van der Waals surface area contributed by atoms with E-state index >= 15 is 0 Å². The molecule has 0 saturated carbocycles. The van der Waals surface area contributed by atoms with E-state index in [1.54, 1.807) is 26.0 Å². The standard InChI is InChI=1S/C15H18N2O5/c1-4-5-8-16-11(9-21-13(16)19)6-7-12(18)17-14(20)22-10-15(17,2)3/h5-7,11H,1,8-10H2,2-3H3/b7-6+/t11-/m0/s1. The van der Waals surface area contributed by atoms with Crippen LogP contribution < -0.4 is 0 Å². The van der Waals surface area contributed by atoms with Gasteiger partial charge in [0.2, 0.25) is 0 Å². The number of ether oxygens (including phenoxy) is 2. The summed E-state index contributed by atoms with van der Waals surface area (Å²) >= 11 is 0. The molecule has 0 aliphatic carbocycles. The zero-order valence-corrected chi connectivity index (χ0v) is 12.6. The fourth-order valence-electron chi connectivity index (χ4n) is 2.27. The quantitative estimate of drug-likeness (QED) is 0.580. The second-order valence-corrected chi connectivity index (χ2v) is 5.60. The predicted molar refractivity (Wildman–Crippen MR) is 77.0 cm³/mol. The molecule has 0 spiro atoms. The number of hydrogen-bond acceptors (Lipinski definition) is 5. The van der Waals surface area contributed by atoms with Gasteiger partial charge in [-0.15, -0.1) is 5.73 Å². The molecule has 2 aliphatic rings. The summed E-state index contributed by atoms with van der Waals surface area (Å²) < 4.78 is 9.83. The van der Waals surface area contributed by atoms with Crippen LogP contribution in [0.3, 0.4) is 0 Å². The van der Waals surface area contributed by atoms with E-state index in [4.69, 9.17) is 9.47 Å². The molecule has 2 heterocycles. The van der Waals surface area contributed by atoms with Crippen molar-refractivity contribution in [3.8, 4) is 0 Å². The Kier molecular flexibility index (Phi) is 4.37. The Hall–Kier alpha value is -2.53. The fraction of sp³-hybridized carbons (Fsp3) is 0.467. The minimum atomic E-state index is -0.689. The summed E-state index contributed by atoms with van der Waals surface area (Å²) in [6.45, 7) is 7.53. The van der Waals surface area contributed by atoms with Crippen LogP contribution in [0.1, 0.15) is 13.8 Å². The summed E-state index contributed by atoms with van der Waals surface area (Å²) in [5, 5.41) is 0. The summed E-state index contributed by atoms with van der Waals surface area (Å²) in [7, 11) is 0. The molecule has 1 atom stereocenters. The van der Waals surface area contributed by atoms with Gasteiger partial charge in [0.25, 0.3) is 5.91 Å². The van der Waals surface area contributed by atoms with Gasteiger partial charge in [0, 0.05) is 6.08 Å². The minimum absolute atomic E-state index is 0.154. The lowest BCUT2D eigenvalue weighted by molar-refractivity contribution is -0.125. The first kappa shape index (κ1) is 15.9. The Labute approximate surface area is 128 Å². The van der Waals surface area contributed by atoms with Gasteiger partial charge in [-0.05, 0) is 19.9 Å². The van der Waals surface area contributed by atoms with E-state index in [-0.39, 0.29) is 19.3 Å². The van der Waals surface area contributed by atoms with Crippen LogP contribution in [0.25, 0.3) is 0 Å². The molecule has 7 nitrogen and oxygen atoms in total. The molecule has 2 saturated heterocycles. The molecule has 2 rings (SSSR count). The molecule has 0 aromatic rings. The first-order valence-electron chi connectivity index (χ1n) is 6.83. The van der Waals surface area contributed by atoms with Gasteiger partial charge in [0.1, 0.15) is 13.2 Å². The molecule has 0 N–H and O–H groups in total. The van der Waals surface area contributed by atoms with E-state index in [9.17, 15) is 14.4 Å².